The zero-order chi connectivity index (χ0) is 25.2. The minimum absolute atomic E-state index is 0.255. The summed E-state index contributed by atoms with van der Waals surface area (Å²) in [6.45, 7) is 0. The number of carbonyl (C=O) groups is 1. The van der Waals surface area contributed by atoms with Gasteiger partial charge in [0.25, 0.3) is 0 Å². The Kier molecular flexibility index (Phi) is 6.66. The first-order valence-corrected chi connectivity index (χ1v) is 12.1. The Morgan fingerprint density at radius 3 is 2.53 bits per heavy atom. The minimum atomic E-state index is -1.00. The lowest BCUT2D eigenvalue weighted by molar-refractivity contribution is -0.131. The van der Waals surface area contributed by atoms with E-state index >= 15 is 0 Å². The maximum absolute atomic E-state index is 14.0. The molecule has 1 aliphatic carbocycles. The van der Waals surface area contributed by atoms with Gasteiger partial charge in [0.05, 0.1) is 18.4 Å². The summed E-state index contributed by atoms with van der Waals surface area (Å²) in [5, 5.41) is 10.2. The van der Waals surface area contributed by atoms with Gasteiger partial charge in [-0.1, -0.05) is 60.5 Å². The van der Waals surface area contributed by atoms with Crippen LogP contribution in [0.5, 0.6) is 5.75 Å². The first kappa shape index (κ1) is 23.9. The van der Waals surface area contributed by atoms with Crippen molar-refractivity contribution in [2.45, 2.75) is 19.3 Å². The Bertz CT molecular complexity index is 1490. The second-order valence-corrected chi connectivity index (χ2v) is 9.23. The van der Waals surface area contributed by atoms with Gasteiger partial charge in [-0.25, -0.2) is 9.18 Å². The number of carboxylic acid groups (broad SMARTS) is 1. The molecule has 6 heteroatoms. The fourth-order valence-electron chi connectivity index (χ4n) is 4.73. The summed E-state index contributed by atoms with van der Waals surface area (Å²) in [4.78, 5) is 10.9. The number of para-hydroxylation sites is 1. The van der Waals surface area contributed by atoms with Gasteiger partial charge in [0.1, 0.15) is 5.82 Å². The van der Waals surface area contributed by atoms with Gasteiger partial charge in [-0.05, 0) is 70.9 Å². The number of halogens is 2. The number of ether oxygens (including phenoxy) is 1. The fraction of sp³-hybridized carbons (Fsp3) is 0.167. The van der Waals surface area contributed by atoms with Crippen LogP contribution >= 0.6 is 11.6 Å². The lowest BCUT2D eigenvalue weighted by atomic mass is 9.73. The molecule has 1 saturated carbocycles. The molecule has 1 heterocycles. The molecule has 4 aromatic rings. The zero-order valence-electron chi connectivity index (χ0n) is 19.6. The lowest BCUT2D eigenvalue weighted by Gasteiger charge is -2.32. The van der Waals surface area contributed by atoms with E-state index in [1.807, 2.05) is 42.5 Å². The highest BCUT2D eigenvalue weighted by molar-refractivity contribution is 6.33. The molecule has 182 valence electrons. The van der Waals surface area contributed by atoms with E-state index in [9.17, 15) is 9.18 Å². The summed E-state index contributed by atoms with van der Waals surface area (Å²) in [6.07, 6.45) is 7.52. The molecule has 0 atom stereocenters. The molecule has 4 nitrogen and oxygen atoms in total. The van der Waals surface area contributed by atoms with Gasteiger partial charge in [-0.2, -0.15) is 0 Å². The minimum Gasteiger partial charge on any atom is -0.493 e. The molecule has 0 radical (unpaired) electrons. The van der Waals surface area contributed by atoms with Crippen LogP contribution < -0.4 is 4.74 Å². The summed E-state index contributed by atoms with van der Waals surface area (Å²) in [7, 11) is 1.61. The summed E-state index contributed by atoms with van der Waals surface area (Å²) >= 11 is 6.62. The van der Waals surface area contributed by atoms with Crippen LogP contribution in [0, 0.1) is 11.7 Å². The molecular formula is C30H24ClFO4. The third-order valence-electron chi connectivity index (χ3n) is 6.67. The number of furan rings is 1. The first-order valence-electron chi connectivity index (χ1n) is 11.7. The normalized spacial score (nSPS) is 14.6. The highest BCUT2D eigenvalue weighted by Crippen LogP contribution is 2.48. The predicted octanol–water partition coefficient (Wildman–Crippen LogP) is 8.09. The second kappa shape index (κ2) is 10.0. The molecule has 1 aromatic heterocycles. The fourth-order valence-corrected chi connectivity index (χ4v) is 5.00. The van der Waals surface area contributed by atoms with Crippen molar-refractivity contribution in [2.24, 2.45) is 5.92 Å². The Labute approximate surface area is 213 Å². The van der Waals surface area contributed by atoms with E-state index in [0.29, 0.717) is 16.4 Å². The lowest BCUT2D eigenvalue weighted by Crippen LogP contribution is -2.15. The number of aliphatic carboxylic acids is 1. The molecular weight excluding hydrogens is 479 g/mol. The summed E-state index contributed by atoms with van der Waals surface area (Å²) in [5.41, 5.74) is 6.02. The number of rotatable bonds is 7. The number of carboxylic acids is 1. The topological polar surface area (TPSA) is 59.7 Å². The predicted molar refractivity (Wildman–Crippen MR) is 141 cm³/mol. The maximum Gasteiger partial charge on any atom is 0.328 e. The molecule has 0 amide bonds. The van der Waals surface area contributed by atoms with Crippen molar-refractivity contribution in [3.8, 4) is 5.75 Å². The highest BCUT2D eigenvalue weighted by atomic mass is 35.5. The van der Waals surface area contributed by atoms with Gasteiger partial charge in [-0.15, -0.1) is 0 Å². The third kappa shape index (κ3) is 4.54. The van der Waals surface area contributed by atoms with Crippen molar-refractivity contribution in [3.63, 3.8) is 0 Å². The van der Waals surface area contributed by atoms with Gasteiger partial charge in [0.2, 0.25) is 0 Å². The van der Waals surface area contributed by atoms with E-state index in [1.165, 1.54) is 12.1 Å². The quantitative estimate of drug-likeness (QED) is 0.205. The Morgan fingerprint density at radius 2 is 1.89 bits per heavy atom. The number of hydrogen-bond donors (Lipinski definition) is 1. The van der Waals surface area contributed by atoms with Crippen molar-refractivity contribution >= 4 is 45.8 Å². The molecule has 3 aromatic carbocycles. The number of fused-ring (bicyclic) bond motifs is 1. The van der Waals surface area contributed by atoms with E-state index in [-0.39, 0.29) is 11.7 Å². The molecule has 0 bridgehead atoms. The summed E-state index contributed by atoms with van der Waals surface area (Å²) in [5.74, 6) is -0.495. The van der Waals surface area contributed by atoms with Crippen LogP contribution in [-0.2, 0) is 4.79 Å². The van der Waals surface area contributed by atoms with Crippen LogP contribution in [-0.4, -0.2) is 18.2 Å². The zero-order valence-corrected chi connectivity index (χ0v) is 20.4. The number of methoxy groups -OCH3 is 1. The Hall–Kier alpha value is -3.83. The van der Waals surface area contributed by atoms with Gasteiger partial charge >= 0.3 is 5.97 Å². The van der Waals surface area contributed by atoms with Crippen molar-refractivity contribution in [1.29, 1.82) is 0 Å². The Balaban J connectivity index is 1.79. The van der Waals surface area contributed by atoms with Crippen LogP contribution in [0.15, 0.2) is 77.4 Å². The number of allylic oxidation sites excluding steroid dienone is 1. The van der Waals surface area contributed by atoms with E-state index in [0.717, 1.165) is 64.1 Å². The van der Waals surface area contributed by atoms with E-state index in [2.05, 4.69) is 0 Å². The van der Waals surface area contributed by atoms with E-state index in [4.69, 9.17) is 25.9 Å². The monoisotopic (exact) mass is 502 g/mol. The van der Waals surface area contributed by atoms with Gasteiger partial charge < -0.3 is 14.3 Å². The first-order chi connectivity index (χ1) is 17.5. The van der Waals surface area contributed by atoms with E-state index < -0.39 is 5.97 Å². The molecule has 5 rings (SSSR count). The molecule has 1 N–H and O–H groups in total. The molecule has 1 fully saturated rings. The van der Waals surface area contributed by atoms with Crippen molar-refractivity contribution < 1.29 is 23.4 Å². The van der Waals surface area contributed by atoms with E-state index in [1.54, 1.807) is 25.5 Å². The average Bonchev–Trinajstić information content (AvgIpc) is 3.26. The van der Waals surface area contributed by atoms with Crippen LogP contribution in [0.25, 0.3) is 28.2 Å². The molecule has 0 aliphatic heterocycles. The van der Waals surface area contributed by atoms with Gasteiger partial charge in [0, 0.05) is 17.0 Å². The largest absolute Gasteiger partial charge is 0.493 e. The Morgan fingerprint density at radius 1 is 1.11 bits per heavy atom. The SMILES string of the molecule is COc1cccc2c(C(=C(c3ccc(F)cc3Cl)C3CCC3)c3ccc(C=CC(=O)O)cc3)coc12. The molecule has 0 saturated heterocycles. The van der Waals surface area contributed by atoms with Crippen molar-refractivity contribution in [1.82, 2.24) is 0 Å². The van der Waals surface area contributed by atoms with Gasteiger partial charge in [-0.3, -0.25) is 0 Å². The van der Waals surface area contributed by atoms with Crippen molar-refractivity contribution in [3.05, 3.63) is 106 Å². The van der Waals surface area contributed by atoms with Crippen LogP contribution in [0.1, 0.15) is 41.5 Å². The standard InChI is InChI=1S/C30H24ClFO4/c1-35-26-7-3-6-22-24(17-36-30(22)26)29(20-11-8-18(9-12-20)10-15-27(33)34)28(19-4-2-5-19)23-14-13-21(32)16-25(23)31/h3,6-17,19H,2,4-5H2,1H3,(H,33,34). The van der Waals surface area contributed by atoms with Gasteiger partial charge in [0.15, 0.2) is 11.3 Å². The summed E-state index contributed by atoms with van der Waals surface area (Å²) < 4.78 is 25.5. The molecule has 0 unspecified atom stereocenters. The molecule has 1 aliphatic rings. The third-order valence-corrected chi connectivity index (χ3v) is 6.99. The molecule has 0 spiro atoms. The van der Waals surface area contributed by atoms with Crippen LogP contribution in [0.3, 0.4) is 0 Å². The van der Waals surface area contributed by atoms with Crippen LogP contribution in [0.4, 0.5) is 4.39 Å². The average molecular weight is 503 g/mol. The van der Waals surface area contributed by atoms with Crippen molar-refractivity contribution in [2.75, 3.05) is 7.11 Å². The smallest absolute Gasteiger partial charge is 0.328 e. The molecule has 36 heavy (non-hydrogen) atoms. The highest BCUT2D eigenvalue weighted by Gasteiger charge is 2.30. The number of hydrogen-bond acceptors (Lipinski definition) is 3. The van der Waals surface area contributed by atoms with Crippen LogP contribution in [0.2, 0.25) is 5.02 Å². The summed E-state index contributed by atoms with van der Waals surface area (Å²) in [6, 6.07) is 18.0. The number of benzene rings is 3. The maximum atomic E-state index is 14.0. The second-order valence-electron chi connectivity index (χ2n) is 8.82.